The van der Waals surface area contributed by atoms with E-state index in [1.54, 1.807) is 24.3 Å². The maximum atomic E-state index is 11.9. The Balaban J connectivity index is 2.39. The van der Waals surface area contributed by atoms with Crippen molar-refractivity contribution >= 4 is 24.4 Å². The summed E-state index contributed by atoms with van der Waals surface area (Å²) >= 11 is 0. The molecule has 2 aromatic carbocycles. The molecule has 0 saturated carbocycles. The number of hydrogen-bond donors (Lipinski definition) is 2. The van der Waals surface area contributed by atoms with Crippen LogP contribution in [0.3, 0.4) is 0 Å². The average Bonchev–Trinajstić information content (AvgIpc) is 2.35. The normalized spacial score (nSPS) is 11.8. The Morgan fingerprint density at radius 1 is 1.10 bits per heavy atom. The van der Waals surface area contributed by atoms with Crippen molar-refractivity contribution in [2.24, 2.45) is 5.92 Å². The Labute approximate surface area is 116 Å². The fourth-order valence-corrected chi connectivity index (χ4v) is 2.29. The number of phosphoric acid groups is 1. The topological polar surface area (TPSA) is 83.8 Å². The molecule has 0 fully saturated rings. The van der Waals surface area contributed by atoms with Gasteiger partial charge in [0.25, 0.3) is 0 Å². The highest BCUT2D eigenvalue weighted by molar-refractivity contribution is 7.46. The minimum absolute atomic E-state index is 0.0578. The van der Waals surface area contributed by atoms with Crippen LogP contribution in [0.1, 0.15) is 24.2 Å². The molecule has 0 aromatic heterocycles. The van der Waals surface area contributed by atoms with Crippen LogP contribution < -0.4 is 4.52 Å². The second-order valence-corrected chi connectivity index (χ2v) is 5.99. The first-order chi connectivity index (χ1) is 9.26. The van der Waals surface area contributed by atoms with Crippen LogP contribution in [0.4, 0.5) is 0 Å². The van der Waals surface area contributed by atoms with E-state index >= 15 is 0 Å². The van der Waals surface area contributed by atoms with Crippen LogP contribution in [-0.2, 0) is 4.57 Å². The first-order valence-electron chi connectivity index (χ1n) is 6.09. The van der Waals surface area contributed by atoms with Crippen molar-refractivity contribution in [2.75, 3.05) is 0 Å². The van der Waals surface area contributed by atoms with Gasteiger partial charge in [-0.25, -0.2) is 4.57 Å². The van der Waals surface area contributed by atoms with E-state index in [0.717, 1.165) is 10.8 Å². The molecule has 6 heteroatoms. The monoisotopic (exact) mass is 294 g/mol. The van der Waals surface area contributed by atoms with Gasteiger partial charge in [-0.3, -0.25) is 14.6 Å². The number of carbonyl (C=O) groups excluding carboxylic acids is 1. The summed E-state index contributed by atoms with van der Waals surface area (Å²) in [6.07, 6.45) is 0. The Hall–Kier alpha value is -1.68. The molecular formula is C14H15O5P. The van der Waals surface area contributed by atoms with Crippen LogP contribution >= 0.6 is 7.82 Å². The van der Waals surface area contributed by atoms with E-state index in [1.165, 1.54) is 12.1 Å². The van der Waals surface area contributed by atoms with Gasteiger partial charge in [0.15, 0.2) is 5.78 Å². The van der Waals surface area contributed by atoms with Gasteiger partial charge < -0.3 is 4.52 Å². The smallest absolute Gasteiger partial charge is 0.404 e. The number of phosphoric ester groups is 1. The molecule has 0 saturated heterocycles. The van der Waals surface area contributed by atoms with Crippen LogP contribution in [0.2, 0.25) is 0 Å². The van der Waals surface area contributed by atoms with Gasteiger partial charge in [0.1, 0.15) is 5.75 Å². The van der Waals surface area contributed by atoms with Crippen LogP contribution in [0.25, 0.3) is 10.8 Å². The van der Waals surface area contributed by atoms with E-state index < -0.39 is 7.82 Å². The SMILES string of the molecule is CC(C)C(=O)c1ccc2cc(OP(=O)(O)O)ccc2c1. The molecule has 2 aromatic rings. The zero-order valence-corrected chi connectivity index (χ0v) is 12.0. The number of carbonyl (C=O) groups is 1. The van der Waals surface area contributed by atoms with E-state index in [9.17, 15) is 9.36 Å². The summed E-state index contributed by atoms with van der Waals surface area (Å²) in [7, 11) is -4.56. The van der Waals surface area contributed by atoms with Gasteiger partial charge in [0, 0.05) is 11.5 Å². The van der Waals surface area contributed by atoms with Gasteiger partial charge in [-0.1, -0.05) is 32.0 Å². The molecule has 20 heavy (non-hydrogen) atoms. The molecule has 0 atom stereocenters. The number of rotatable bonds is 4. The molecule has 0 aliphatic carbocycles. The lowest BCUT2D eigenvalue weighted by Gasteiger charge is -2.09. The van der Waals surface area contributed by atoms with E-state index in [-0.39, 0.29) is 17.5 Å². The molecule has 0 amide bonds. The van der Waals surface area contributed by atoms with E-state index in [0.29, 0.717) is 5.56 Å². The summed E-state index contributed by atoms with van der Waals surface area (Å²) in [5.74, 6) is 0.0703. The predicted molar refractivity (Wildman–Crippen MR) is 75.8 cm³/mol. The predicted octanol–water partition coefficient (Wildman–Crippen LogP) is 3.15. The van der Waals surface area contributed by atoms with Gasteiger partial charge in [0.2, 0.25) is 0 Å². The van der Waals surface area contributed by atoms with E-state index in [4.69, 9.17) is 9.79 Å². The van der Waals surface area contributed by atoms with E-state index in [1.807, 2.05) is 13.8 Å². The molecule has 0 bridgehead atoms. The highest BCUT2D eigenvalue weighted by Gasteiger charge is 2.16. The van der Waals surface area contributed by atoms with E-state index in [2.05, 4.69) is 4.52 Å². The lowest BCUT2D eigenvalue weighted by Crippen LogP contribution is -2.06. The summed E-state index contributed by atoms with van der Waals surface area (Å²) in [4.78, 5) is 29.4. The van der Waals surface area contributed by atoms with Gasteiger partial charge in [-0.2, -0.15) is 0 Å². The maximum absolute atomic E-state index is 11.9. The van der Waals surface area contributed by atoms with Crippen LogP contribution in [0.5, 0.6) is 5.75 Å². The second kappa shape index (κ2) is 5.37. The van der Waals surface area contributed by atoms with Crippen molar-refractivity contribution in [2.45, 2.75) is 13.8 Å². The van der Waals surface area contributed by atoms with Crippen molar-refractivity contribution in [1.29, 1.82) is 0 Å². The number of fused-ring (bicyclic) bond motifs is 1. The Morgan fingerprint density at radius 3 is 2.30 bits per heavy atom. The van der Waals surface area contributed by atoms with Crippen molar-refractivity contribution in [3.63, 3.8) is 0 Å². The third-order valence-corrected chi connectivity index (χ3v) is 3.29. The minimum Gasteiger partial charge on any atom is -0.404 e. The lowest BCUT2D eigenvalue weighted by molar-refractivity contribution is 0.0939. The highest BCUT2D eigenvalue weighted by Crippen LogP contribution is 2.38. The minimum atomic E-state index is -4.56. The summed E-state index contributed by atoms with van der Waals surface area (Å²) < 4.78 is 15.3. The molecule has 2 N–H and O–H groups in total. The third-order valence-electron chi connectivity index (χ3n) is 2.84. The molecule has 0 radical (unpaired) electrons. The maximum Gasteiger partial charge on any atom is 0.524 e. The van der Waals surface area contributed by atoms with Crippen molar-refractivity contribution in [3.8, 4) is 5.75 Å². The molecule has 0 heterocycles. The Kier molecular flexibility index (Phi) is 3.95. The van der Waals surface area contributed by atoms with Crippen LogP contribution in [0, 0.1) is 5.92 Å². The number of ketones is 1. The zero-order valence-electron chi connectivity index (χ0n) is 11.1. The third kappa shape index (κ3) is 3.45. The molecule has 0 spiro atoms. The van der Waals surface area contributed by atoms with Gasteiger partial charge in [-0.05, 0) is 29.0 Å². The standard InChI is InChI=1S/C14H15O5P/c1-9(2)14(15)12-4-3-11-8-13(19-20(16,17)18)6-5-10(11)7-12/h3-9H,1-2H3,(H2,16,17,18). The summed E-state index contributed by atoms with van der Waals surface area (Å²) in [5.41, 5.74) is 0.621. The number of Topliss-reactive ketones (excluding diaryl/α,β-unsaturated/α-hetero) is 1. The summed E-state index contributed by atoms with van der Waals surface area (Å²) in [5, 5.41) is 1.56. The van der Waals surface area contributed by atoms with Gasteiger partial charge >= 0.3 is 7.82 Å². The fourth-order valence-electron chi connectivity index (χ4n) is 1.90. The van der Waals surface area contributed by atoms with Crippen molar-refractivity contribution in [3.05, 3.63) is 42.0 Å². The number of benzene rings is 2. The van der Waals surface area contributed by atoms with Crippen LogP contribution in [0.15, 0.2) is 36.4 Å². The lowest BCUT2D eigenvalue weighted by atomic mass is 9.98. The Bertz CT molecular complexity index is 702. The summed E-state index contributed by atoms with van der Waals surface area (Å²) in [6.45, 7) is 3.67. The first-order valence-corrected chi connectivity index (χ1v) is 7.62. The zero-order chi connectivity index (χ0) is 14.9. The second-order valence-electron chi connectivity index (χ2n) is 4.82. The highest BCUT2D eigenvalue weighted by atomic mass is 31.2. The largest absolute Gasteiger partial charge is 0.524 e. The first kappa shape index (κ1) is 14.7. The average molecular weight is 294 g/mol. The Morgan fingerprint density at radius 2 is 1.70 bits per heavy atom. The fraction of sp³-hybridized carbons (Fsp3) is 0.214. The molecular weight excluding hydrogens is 279 g/mol. The van der Waals surface area contributed by atoms with Crippen molar-refractivity contribution in [1.82, 2.24) is 0 Å². The molecule has 0 aliphatic heterocycles. The molecule has 106 valence electrons. The quantitative estimate of drug-likeness (QED) is 0.668. The van der Waals surface area contributed by atoms with Gasteiger partial charge in [-0.15, -0.1) is 0 Å². The molecule has 5 nitrogen and oxygen atoms in total. The van der Waals surface area contributed by atoms with Crippen molar-refractivity contribution < 1.29 is 23.7 Å². The summed E-state index contributed by atoms with van der Waals surface area (Å²) in [6, 6.07) is 9.85. The van der Waals surface area contributed by atoms with Gasteiger partial charge in [0.05, 0.1) is 0 Å². The number of hydrogen-bond acceptors (Lipinski definition) is 3. The molecule has 0 unspecified atom stereocenters. The molecule has 0 aliphatic rings. The van der Waals surface area contributed by atoms with Crippen LogP contribution in [-0.4, -0.2) is 15.6 Å². The molecule has 2 rings (SSSR count).